The Kier molecular flexibility index (Phi) is 8.72. The summed E-state index contributed by atoms with van der Waals surface area (Å²) >= 11 is 0. The normalized spacial score (nSPS) is 15.1. The summed E-state index contributed by atoms with van der Waals surface area (Å²) in [5.41, 5.74) is 3.28. The molecule has 3 rings (SSSR count). The Morgan fingerprint density at radius 2 is 1.72 bits per heavy atom. The van der Waals surface area contributed by atoms with Gasteiger partial charge in [0.25, 0.3) is 5.91 Å². The molecule has 0 aromatic heterocycles. The highest BCUT2D eigenvalue weighted by Gasteiger charge is 2.30. The number of hydrogen-bond acceptors (Lipinski definition) is 3. The maximum Gasteiger partial charge on any atom is 0.261 e. The number of benzene rings is 2. The molecule has 5 nitrogen and oxygen atoms in total. The van der Waals surface area contributed by atoms with E-state index < -0.39 is 6.04 Å². The van der Waals surface area contributed by atoms with Crippen LogP contribution in [0.25, 0.3) is 0 Å². The standard InChI is InChI=1S/C27H36N2O3/c1-4-25(27(31)28-23-12-6-5-7-13-23)29(18-22-11-9-8-10-21(22)3)26(30)19-32-24-16-14-20(2)15-17-24/h8-11,14-17,23,25H,4-7,12-13,18-19H2,1-3H3,(H,28,31)/t25-/m0/s1. The van der Waals surface area contributed by atoms with Gasteiger partial charge in [0.05, 0.1) is 0 Å². The minimum Gasteiger partial charge on any atom is -0.484 e. The van der Waals surface area contributed by atoms with E-state index >= 15 is 0 Å². The zero-order valence-electron chi connectivity index (χ0n) is 19.6. The van der Waals surface area contributed by atoms with Gasteiger partial charge < -0.3 is 15.0 Å². The first-order valence-corrected chi connectivity index (χ1v) is 11.8. The van der Waals surface area contributed by atoms with Crippen molar-refractivity contribution in [2.24, 2.45) is 0 Å². The summed E-state index contributed by atoms with van der Waals surface area (Å²) in [6, 6.07) is 15.3. The fraction of sp³-hybridized carbons (Fsp3) is 0.481. The van der Waals surface area contributed by atoms with Crippen LogP contribution in [0, 0.1) is 13.8 Å². The van der Waals surface area contributed by atoms with Crippen molar-refractivity contribution < 1.29 is 14.3 Å². The van der Waals surface area contributed by atoms with Gasteiger partial charge in [-0.05, 0) is 56.4 Å². The molecule has 1 saturated carbocycles. The van der Waals surface area contributed by atoms with Crippen LogP contribution in [0.5, 0.6) is 5.75 Å². The first-order valence-electron chi connectivity index (χ1n) is 11.8. The molecule has 1 fully saturated rings. The highest BCUT2D eigenvalue weighted by atomic mass is 16.5. The second kappa shape index (κ2) is 11.7. The fourth-order valence-electron chi connectivity index (χ4n) is 4.30. The Hall–Kier alpha value is -2.82. The van der Waals surface area contributed by atoms with E-state index in [0.717, 1.165) is 42.4 Å². The second-order valence-corrected chi connectivity index (χ2v) is 8.82. The topological polar surface area (TPSA) is 58.6 Å². The summed E-state index contributed by atoms with van der Waals surface area (Å²) in [5.74, 6) is 0.413. The van der Waals surface area contributed by atoms with E-state index in [4.69, 9.17) is 4.74 Å². The molecular formula is C27H36N2O3. The van der Waals surface area contributed by atoms with Crippen molar-refractivity contribution >= 4 is 11.8 Å². The number of ether oxygens (including phenoxy) is 1. The largest absolute Gasteiger partial charge is 0.484 e. The summed E-state index contributed by atoms with van der Waals surface area (Å²) in [7, 11) is 0. The molecule has 2 aromatic carbocycles. The average molecular weight is 437 g/mol. The molecule has 0 radical (unpaired) electrons. The molecule has 32 heavy (non-hydrogen) atoms. The maximum atomic E-state index is 13.3. The molecule has 0 aliphatic heterocycles. The number of aryl methyl sites for hydroxylation is 2. The van der Waals surface area contributed by atoms with E-state index in [-0.39, 0.29) is 24.5 Å². The summed E-state index contributed by atoms with van der Waals surface area (Å²) in [6.45, 7) is 6.30. The first kappa shape index (κ1) is 23.8. The van der Waals surface area contributed by atoms with Gasteiger partial charge in [0, 0.05) is 12.6 Å². The average Bonchev–Trinajstić information content (AvgIpc) is 2.80. The van der Waals surface area contributed by atoms with Crippen molar-refractivity contribution in [2.45, 2.75) is 77.9 Å². The lowest BCUT2D eigenvalue weighted by atomic mass is 9.95. The molecule has 1 aliphatic rings. The van der Waals surface area contributed by atoms with Crippen molar-refractivity contribution in [1.82, 2.24) is 10.2 Å². The first-order chi connectivity index (χ1) is 15.5. The zero-order chi connectivity index (χ0) is 22.9. The van der Waals surface area contributed by atoms with Gasteiger partial charge in [-0.3, -0.25) is 9.59 Å². The molecular weight excluding hydrogens is 400 g/mol. The van der Waals surface area contributed by atoms with Gasteiger partial charge in [-0.25, -0.2) is 0 Å². The number of hydrogen-bond donors (Lipinski definition) is 1. The Morgan fingerprint density at radius 3 is 2.38 bits per heavy atom. The number of carbonyl (C=O) groups is 2. The van der Waals surface area contributed by atoms with Gasteiger partial charge in [-0.15, -0.1) is 0 Å². The van der Waals surface area contributed by atoms with E-state index in [9.17, 15) is 9.59 Å². The molecule has 0 heterocycles. The highest BCUT2D eigenvalue weighted by Crippen LogP contribution is 2.20. The predicted molar refractivity (Wildman–Crippen MR) is 127 cm³/mol. The number of rotatable bonds is 9. The van der Waals surface area contributed by atoms with Crippen LogP contribution in [0.4, 0.5) is 0 Å². The number of amides is 2. The summed E-state index contributed by atoms with van der Waals surface area (Å²) in [5, 5.41) is 3.21. The van der Waals surface area contributed by atoms with E-state index in [1.54, 1.807) is 4.90 Å². The molecule has 0 spiro atoms. The van der Waals surface area contributed by atoms with Crippen molar-refractivity contribution in [3.05, 3.63) is 65.2 Å². The minimum atomic E-state index is -0.523. The molecule has 1 aliphatic carbocycles. The van der Waals surface area contributed by atoms with Crippen LogP contribution in [0.3, 0.4) is 0 Å². The van der Waals surface area contributed by atoms with Gasteiger partial charge in [0.2, 0.25) is 5.91 Å². The van der Waals surface area contributed by atoms with E-state index in [2.05, 4.69) is 5.32 Å². The van der Waals surface area contributed by atoms with Gasteiger partial charge in [0.1, 0.15) is 11.8 Å². The Labute approximate surface area is 192 Å². The van der Waals surface area contributed by atoms with Crippen LogP contribution < -0.4 is 10.1 Å². The lowest BCUT2D eigenvalue weighted by Crippen LogP contribution is -2.52. The van der Waals surface area contributed by atoms with Gasteiger partial charge in [-0.1, -0.05) is 68.1 Å². The van der Waals surface area contributed by atoms with Gasteiger partial charge in [0.15, 0.2) is 6.61 Å². The molecule has 172 valence electrons. The molecule has 0 saturated heterocycles. The minimum absolute atomic E-state index is 0.0586. The SMILES string of the molecule is CC[C@@H](C(=O)NC1CCCCC1)N(Cc1ccccc1C)C(=O)COc1ccc(C)cc1. The predicted octanol–water partition coefficient (Wildman–Crippen LogP) is 4.94. The Morgan fingerprint density at radius 1 is 1.03 bits per heavy atom. The smallest absolute Gasteiger partial charge is 0.261 e. The van der Waals surface area contributed by atoms with Crippen molar-refractivity contribution in [2.75, 3.05) is 6.61 Å². The third kappa shape index (κ3) is 6.59. The van der Waals surface area contributed by atoms with Crippen LogP contribution in [0.1, 0.15) is 62.1 Å². The molecule has 1 atom stereocenters. The maximum absolute atomic E-state index is 13.3. The van der Waals surface area contributed by atoms with Gasteiger partial charge >= 0.3 is 0 Å². The molecule has 2 aromatic rings. The zero-order valence-corrected chi connectivity index (χ0v) is 19.6. The highest BCUT2D eigenvalue weighted by molar-refractivity contribution is 5.88. The number of nitrogens with one attached hydrogen (secondary N) is 1. The van der Waals surface area contributed by atoms with Crippen molar-refractivity contribution in [3.63, 3.8) is 0 Å². The summed E-state index contributed by atoms with van der Waals surface area (Å²) < 4.78 is 5.77. The Balaban J connectivity index is 1.75. The van der Waals surface area contributed by atoms with Gasteiger partial charge in [-0.2, -0.15) is 0 Å². The molecule has 0 bridgehead atoms. The van der Waals surface area contributed by atoms with Crippen molar-refractivity contribution in [1.29, 1.82) is 0 Å². The molecule has 5 heteroatoms. The second-order valence-electron chi connectivity index (χ2n) is 8.82. The summed E-state index contributed by atoms with van der Waals surface area (Å²) in [6.07, 6.45) is 6.13. The van der Waals surface area contributed by atoms with E-state index in [0.29, 0.717) is 18.7 Å². The number of carbonyl (C=O) groups excluding carboxylic acids is 2. The monoisotopic (exact) mass is 436 g/mol. The lowest BCUT2D eigenvalue weighted by Gasteiger charge is -2.33. The third-order valence-electron chi connectivity index (χ3n) is 6.32. The van der Waals surface area contributed by atoms with E-state index in [1.807, 2.05) is 69.3 Å². The van der Waals surface area contributed by atoms with Crippen LogP contribution >= 0.6 is 0 Å². The van der Waals surface area contributed by atoms with E-state index in [1.165, 1.54) is 6.42 Å². The molecule has 1 N–H and O–H groups in total. The quantitative estimate of drug-likeness (QED) is 0.606. The molecule has 2 amide bonds. The Bertz CT molecular complexity index is 888. The lowest BCUT2D eigenvalue weighted by molar-refractivity contribution is -0.143. The fourth-order valence-corrected chi connectivity index (χ4v) is 4.30. The third-order valence-corrected chi connectivity index (χ3v) is 6.32. The van der Waals surface area contributed by atoms with Crippen LogP contribution in [-0.4, -0.2) is 35.4 Å². The van der Waals surface area contributed by atoms with Crippen LogP contribution in [0.2, 0.25) is 0 Å². The van der Waals surface area contributed by atoms with Crippen molar-refractivity contribution in [3.8, 4) is 5.75 Å². The molecule has 0 unspecified atom stereocenters. The van der Waals surface area contributed by atoms with Crippen LogP contribution in [-0.2, 0) is 16.1 Å². The number of nitrogens with zero attached hydrogens (tertiary/aromatic N) is 1. The summed E-state index contributed by atoms with van der Waals surface area (Å²) in [4.78, 5) is 28.2. The van der Waals surface area contributed by atoms with Crippen LogP contribution in [0.15, 0.2) is 48.5 Å².